The van der Waals surface area contributed by atoms with Crippen LogP contribution in [0.2, 0.25) is 0 Å². The quantitative estimate of drug-likeness (QED) is 0.900. The van der Waals surface area contributed by atoms with E-state index in [2.05, 4.69) is 30.4 Å². The number of nitrogens with one attached hydrogen (secondary N) is 1. The van der Waals surface area contributed by atoms with Crippen LogP contribution in [0, 0.1) is 12.8 Å². The summed E-state index contributed by atoms with van der Waals surface area (Å²) < 4.78 is 1.34. The van der Waals surface area contributed by atoms with Crippen LogP contribution in [0.25, 0.3) is 10.2 Å². The first kappa shape index (κ1) is 11.2. The predicted molar refractivity (Wildman–Crippen MR) is 73.7 cm³/mol. The van der Waals surface area contributed by atoms with E-state index in [0.29, 0.717) is 0 Å². The Bertz CT molecular complexity index is 512. The van der Waals surface area contributed by atoms with E-state index in [1.54, 1.807) is 0 Å². The second-order valence-electron chi connectivity index (χ2n) is 4.93. The van der Waals surface area contributed by atoms with E-state index < -0.39 is 0 Å². The minimum absolute atomic E-state index is 0.864. The molecular formula is C14H18N2S. The van der Waals surface area contributed by atoms with E-state index in [1.807, 2.05) is 11.3 Å². The zero-order chi connectivity index (χ0) is 11.7. The van der Waals surface area contributed by atoms with Crippen LogP contribution < -0.4 is 5.32 Å². The molecule has 17 heavy (non-hydrogen) atoms. The van der Waals surface area contributed by atoms with E-state index in [4.69, 9.17) is 4.98 Å². The molecule has 1 aromatic carbocycles. The van der Waals surface area contributed by atoms with Crippen LogP contribution >= 0.6 is 11.3 Å². The van der Waals surface area contributed by atoms with Crippen LogP contribution in [0.5, 0.6) is 0 Å². The maximum absolute atomic E-state index is 4.77. The Morgan fingerprint density at radius 3 is 3.18 bits per heavy atom. The first-order chi connectivity index (χ1) is 8.33. The number of thiazole rings is 1. The zero-order valence-corrected chi connectivity index (χ0v) is 11.0. The Hall–Kier alpha value is -0.930. The molecule has 0 amide bonds. The highest BCUT2D eigenvalue weighted by molar-refractivity contribution is 7.18. The van der Waals surface area contributed by atoms with Gasteiger partial charge in [0, 0.05) is 0 Å². The van der Waals surface area contributed by atoms with Crippen LogP contribution in [-0.4, -0.2) is 18.1 Å². The molecule has 0 spiro atoms. The lowest BCUT2D eigenvalue weighted by Gasteiger charge is -2.04. The average Bonchev–Trinajstić information content (AvgIpc) is 2.95. The molecule has 0 radical (unpaired) electrons. The standard InChI is InChI=1S/C14H18N2S/c1-10-3-2-4-12-14(10)16-13(17-12)6-5-11-7-8-15-9-11/h2-4,11,15H,5-9H2,1H3. The Morgan fingerprint density at radius 2 is 2.41 bits per heavy atom. The van der Waals surface area contributed by atoms with Crippen molar-refractivity contribution < 1.29 is 0 Å². The maximum atomic E-state index is 4.77. The monoisotopic (exact) mass is 246 g/mol. The van der Waals surface area contributed by atoms with Crippen molar-refractivity contribution in [2.24, 2.45) is 5.92 Å². The first-order valence-corrected chi connectivity index (χ1v) is 7.20. The van der Waals surface area contributed by atoms with Crippen molar-refractivity contribution in [1.29, 1.82) is 0 Å². The van der Waals surface area contributed by atoms with E-state index in [0.717, 1.165) is 12.3 Å². The molecule has 2 aromatic rings. The molecule has 0 saturated carbocycles. The number of hydrogen-bond acceptors (Lipinski definition) is 3. The third kappa shape index (κ3) is 2.35. The van der Waals surface area contributed by atoms with Crippen molar-refractivity contribution in [3.05, 3.63) is 28.8 Å². The van der Waals surface area contributed by atoms with Crippen LogP contribution in [0.3, 0.4) is 0 Å². The summed E-state index contributed by atoms with van der Waals surface area (Å²) in [5.74, 6) is 0.864. The topological polar surface area (TPSA) is 24.9 Å². The molecule has 1 saturated heterocycles. The highest BCUT2D eigenvalue weighted by Crippen LogP contribution is 2.26. The predicted octanol–water partition coefficient (Wildman–Crippen LogP) is 3.15. The van der Waals surface area contributed by atoms with E-state index in [1.165, 1.54) is 46.7 Å². The highest BCUT2D eigenvalue weighted by Gasteiger charge is 2.15. The molecule has 1 fully saturated rings. The fourth-order valence-corrected chi connectivity index (χ4v) is 3.59. The van der Waals surface area contributed by atoms with Gasteiger partial charge in [-0.25, -0.2) is 4.98 Å². The second-order valence-corrected chi connectivity index (χ2v) is 6.04. The average molecular weight is 246 g/mol. The van der Waals surface area contributed by atoms with Crippen molar-refractivity contribution in [1.82, 2.24) is 10.3 Å². The summed E-state index contributed by atoms with van der Waals surface area (Å²) in [5.41, 5.74) is 2.50. The molecule has 1 atom stereocenters. The van der Waals surface area contributed by atoms with E-state index in [9.17, 15) is 0 Å². The highest BCUT2D eigenvalue weighted by atomic mass is 32.1. The minimum Gasteiger partial charge on any atom is -0.316 e. The Balaban J connectivity index is 1.74. The fraction of sp³-hybridized carbons (Fsp3) is 0.500. The summed E-state index contributed by atoms with van der Waals surface area (Å²) in [6, 6.07) is 6.45. The number of aromatic nitrogens is 1. The molecule has 90 valence electrons. The van der Waals surface area contributed by atoms with Gasteiger partial charge in [0.1, 0.15) is 0 Å². The third-order valence-electron chi connectivity index (χ3n) is 3.59. The first-order valence-electron chi connectivity index (χ1n) is 6.38. The fourth-order valence-electron chi connectivity index (χ4n) is 2.53. The molecule has 2 heterocycles. The van der Waals surface area contributed by atoms with Gasteiger partial charge >= 0.3 is 0 Å². The number of para-hydroxylation sites is 1. The molecule has 1 N–H and O–H groups in total. The molecule has 1 aliphatic rings. The molecule has 3 heteroatoms. The number of benzene rings is 1. The Morgan fingerprint density at radius 1 is 1.47 bits per heavy atom. The maximum Gasteiger partial charge on any atom is 0.0938 e. The smallest absolute Gasteiger partial charge is 0.0938 e. The van der Waals surface area contributed by atoms with Crippen molar-refractivity contribution >= 4 is 21.6 Å². The summed E-state index contributed by atoms with van der Waals surface area (Å²) in [6.07, 6.45) is 3.76. The Labute approximate surface area is 106 Å². The van der Waals surface area contributed by atoms with Crippen molar-refractivity contribution in [2.75, 3.05) is 13.1 Å². The molecule has 2 nitrogen and oxygen atoms in total. The van der Waals surface area contributed by atoms with Gasteiger partial charge in [0.05, 0.1) is 15.2 Å². The van der Waals surface area contributed by atoms with Crippen molar-refractivity contribution in [2.45, 2.75) is 26.2 Å². The van der Waals surface area contributed by atoms with E-state index >= 15 is 0 Å². The molecular weight excluding hydrogens is 228 g/mol. The molecule has 0 aliphatic carbocycles. The summed E-state index contributed by atoms with van der Waals surface area (Å²) in [5, 5.41) is 4.73. The molecule has 3 rings (SSSR count). The van der Waals surface area contributed by atoms with Gasteiger partial charge in [-0.05, 0) is 56.8 Å². The lowest BCUT2D eigenvalue weighted by molar-refractivity contribution is 0.532. The van der Waals surface area contributed by atoms with Gasteiger partial charge in [-0.15, -0.1) is 11.3 Å². The summed E-state index contributed by atoms with van der Waals surface area (Å²) >= 11 is 1.86. The second kappa shape index (κ2) is 4.75. The molecule has 0 bridgehead atoms. The van der Waals surface area contributed by atoms with Gasteiger partial charge in [0.2, 0.25) is 0 Å². The van der Waals surface area contributed by atoms with Crippen LogP contribution in [0.15, 0.2) is 18.2 Å². The van der Waals surface area contributed by atoms with Gasteiger partial charge in [-0.1, -0.05) is 12.1 Å². The van der Waals surface area contributed by atoms with Crippen molar-refractivity contribution in [3.8, 4) is 0 Å². The summed E-state index contributed by atoms with van der Waals surface area (Å²) in [4.78, 5) is 4.77. The van der Waals surface area contributed by atoms with Gasteiger partial charge in [-0.2, -0.15) is 0 Å². The minimum atomic E-state index is 0.864. The normalized spacial score (nSPS) is 20.2. The van der Waals surface area contributed by atoms with Gasteiger partial charge < -0.3 is 5.32 Å². The van der Waals surface area contributed by atoms with Crippen molar-refractivity contribution in [3.63, 3.8) is 0 Å². The van der Waals surface area contributed by atoms with Crippen LogP contribution in [-0.2, 0) is 6.42 Å². The lowest BCUT2D eigenvalue weighted by Crippen LogP contribution is -2.09. The largest absolute Gasteiger partial charge is 0.316 e. The number of fused-ring (bicyclic) bond motifs is 1. The van der Waals surface area contributed by atoms with Gasteiger partial charge in [0.15, 0.2) is 0 Å². The van der Waals surface area contributed by atoms with Gasteiger partial charge in [-0.3, -0.25) is 0 Å². The Kier molecular flexibility index (Phi) is 3.12. The number of hydrogen-bond donors (Lipinski definition) is 1. The van der Waals surface area contributed by atoms with E-state index in [-0.39, 0.29) is 0 Å². The number of nitrogens with zero attached hydrogens (tertiary/aromatic N) is 1. The summed E-state index contributed by atoms with van der Waals surface area (Å²) in [6.45, 7) is 4.54. The molecule has 1 aromatic heterocycles. The third-order valence-corrected chi connectivity index (χ3v) is 4.67. The number of rotatable bonds is 3. The number of aryl methyl sites for hydroxylation is 2. The summed E-state index contributed by atoms with van der Waals surface area (Å²) in [7, 11) is 0. The SMILES string of the molecule is Cc1cccc2sc(CCC3CCNC3)nc12. The zero-order valence-electron chi connectivity index (χ0n) is 10.2. The van der Waals surface area contributed by atoms with Crippen LogP contribution in [0.1, 0.15) is 23.4 Å². The van der Waals surface area contributed by atoms with Gasteiger partial charge in [0.25, 0.3) is 0 Å². The van der Waals surface area contributed by atoms with Crippen LogP contribution in [0.4, 0.5) is 0 Å². The molecule has 1 aliphatic heterocycles. The molecule has 1 unspecified atom stereocenters. The lowest BCUT2D eigenvalue weighted by atomic mass is 10.0.